The van der Waals surface area contributed by atoms with Crippen molar-refractivity contribution in [3.8, 4) is 33.4 Å². The molecule has 0 bridgehead atoms. The van der Waals surface area contributed by atoms with Gasteiger partial charge in [0.15, 0.2) is 0 Å². The first-order chi connectivity index (χ1) is 21.9. The average Bonchev–Trinajstić information content (AvgIpc) is 3.06. The number of aryl methyl sites for hydroxylation is 1. The fourth-order valence-electron chi connectivity index (χ4n) is 6.90. The first-order valence-electron chi connectivity index (χ1n) is 15.0. The zero-order chi connectivity index (χ0) is 30.7. The van der Waals surface area contributed by atoms with Gasteiger partial charge in [-0.25, -0.2) is 0 Å². The maximum absolute atomic E-state index is 14.0. The molecule has 0 saturated heterocycles. The van der Waals surface area contributed by atoms with Crippen molar-refractivity contribution in [2.75, 3.05) is 0 Å². The molecule has 3 heteroatoms. The van der Waals surface area contributed by atoms with E-state index in [9.17, 15) is 13.2 Å². The summed E-state index contributed by atoms with van der Waals surface area (Å²) in [6.07, 6.45) is -4.45. The Hall–Kier alpha value is -5.41. The first-order valence-corrected chi connectivity index (χ1v) is 15.0. The molecule has 0 saturated carbocycles. The summed E-state index contributed by atoms with van der Waals surface area (Å²) in [4.78, 5) is 0. The van der Waals surface area contributed by atoms with E-state index >= 15 is 0 Å². The third kappa shape index (κ3) is 4.55. The van der Waals surface area contributed by atoms with Crippen LogP contribution >= 0.6 is 0 Å². The normalized spacial score (nSPS) is 12.0. The number of halogens is 3. The molecule has 0 heterocycles. The van der Waals surface area contributed by atoms with E-state index in [0.29, 0.717) is 5.56 Å². The number of hydrogen-bond acceptors (Lipinski definition) is 0. The second kappa shape index (κ2) is 10.3. The maximum Gasteiger partial charge on any atom is 0.416 e. The van der Waals surface area contributed by atoms with Gasteiger partial charge in [0, 0.05) is 0 Å². The molecule has 0 aliphatic rings. The Balaban J connectivity index is 1.62. The zero-order valence-corrected chi connectivity index (χ0v) is 24.5. The lowest BCUT2D eigenvalue weighted by Gasteiger charge is -2.21. The van der Waals surface area contributed by atoms with Crippen LogP contribution < -0.4 is 0 Å². The quantitative estimate of drug-likeness (QED) is 0.142. The molecule has 0 radical (unpaired) electrons. The minimum Gasteiger partial charge on any atom is -0.166 e. The molecule has 216 valence electrons. The van der Waals surface area contributed by atoms with Crippen molar-refractivity contribution in [2.45, 2.75) is 13.1 Å². The highest BCUT2D eigenvalue weighted by Crippen LogP contribution is 2.47. The molecule has 0 spiro atoms. The number of rotatable bonds is 3. The van der Waals surface area contributed by atoms with Gasteiger partial charge in [0.2, 0.25) is 0 Å². The molecule has 0 aliphatic heterocycles. The molecular weight excluding hydrogens is 561 g/mol. The van der Waals surface area contributed by atoms with Crippen LogP contribution in [0.1, 0.15) is 11.1 Å². The zero-order valence-electron chi connectivity index (χ0n) is 24.5. The molecule has 0 unspecified atom stereocenters. The van der Waals surface area contributed by atoms with Gasteiger partial charge in [-0.3, -0.25) is 0 Å². The van der Waals surface area contributed by atoms with Crippen molar-refractivity contribution in [3.05, 3.63) is 157 Å². The van der Waals surface area contributed by atoms with Gasteiger partial charge >= 0.3 is 6.18 Å². The van der Waals surface area contributed by atoms with Gasteiger partial charge in [0.1, 0.15) is 0 Å². The van der Waals surface area contributed by atoms with Crippen LogP contribution in [0.25, 0.3) is 76.5 Å². The van der Waals surface area contributed by atoms with E-state index < -0.39 is 11.7 Å². The lowest BCUT2D eigenvalue weighted by molar-refractivity contribution is -0.137. The Morgan fingerprint density at radius 3 is 1.62 bits per heavy atom. The van der Waals surface area contributed by atoms with E-state index in [0.717, 1.165) is 82.5 Å². The lowest BCUT2D eigenvalue weighted by atomic mass is 9.83. The number of benzene rings is 8. The Morgan fingerprint density at radius 1 is 0.400 bits per heavy atom. The average molecular weight is 589 g/mol. The summed E-state index contributed by atoms with van der Waals surface area (Å²) in [6.45, 7) is 2.08. The van der Waals surface area contributed by atoms with Crippen LogP contribution in [0.2, 0.25) is 0 Å². The monoisotopic (exact) mass is 588 g/mol. The van der Waals surface area contributed by atoms with Gasteiger partial charge < -0.3 is 0 Å². The summed E-state index contributed by atoms with van der Waals surface area (Å²) in [5.41, 5.74) is 6.23. The summed E-state index contributed by atoms with van der Waals surface area (Å²) in [6, 6.07) is 47.7. The molecule has 0 aliphatic carbocycles. The molecule has 45 heavy (non-hydrogen) atoms. The minimum absolute atomic E-state index is 0.546. The summed E-state index contributed by atoms with van der Waals surface area (Å²) in [7, 11) is 0. The molecular formula is C42H27F3. The fraction of sp³-hybridized carbons (Fsp3) is 0.0476. The Bertz CT molecular complexity index is 2420. The lowest BCUT2D eigenvalue weighted by Crippen LogP contribution is -2.04. The van der Waals surface area contributed by atoms with E-state index in [2.05, 4.69) is 91.9 Å². The molecule has 0 atom stereocenters. The minimum atomic E-state index is -4.45. The molecule has 0 fully saturated rings. The number of alkyl halides is 3. The molecule has 0 amide bonds. The third-order valence-corrected chi connectivity index (χ3v) is 8.87. The molecule has 8 aromatic carbocycles. The van der Waals surface area contributed by atoms with E-state index in [4.69, 9.17) is 0 Å². The highest BCUT2D eigenvalue weighted by atomic mass is 19.4. The van der Waals surface area contributed by atoms with Crippen molar-refractivity contribution in [3.63, 3.8) is 0 Å². The van der Waals surface area contributed by atoms with E-state index in [1.165, 1.54) is 12.1 Å². The highest BCUT2D eigenvalue weighted by Gasteiger charge is 2.31. The van der Waals surface area contributed by atoms with Crippen LogP contribution in [0.3, 0.4) is 0 Å². The van der Waals surface area contributed by atoms with Crippen LogP contribution in [0, 0.1) is 6.92 Å². The van der Waals surface area contributed by atoms with Crippen LogP contribution in [-0.2, 0) is 6.18 Å². The smallest absolute Gasteiger partial charge is 0.166 e. The van der Waals surface area contributed by atoms with Crippen LogP contribution in [0.15, 0.2) is 146 Å². The Morgan fingerprint density at radius 2 is 0.956 bits per heavy atom. The van der Waals surface area contributed by atoms with Crippen molar-refractivity contribution in [2.24, 2.45) is 0 Å². The van der Waals surface area contributed by atoms with E-state index in [1.54, 1.807) is 6.07 Å². The second-order valence-corrected chi connectivity index (χ2v) is 11.7. The summed E-state index contributed by atoms with van der Waals surface area (Å²) < 4.78 is 42.1. The second-order valence-electron chi connectivity index (χ2n) is 11.7. The van der Waals surface area contributed by atoms with Crippen LogP contribution in [0.4, 0.5) is 13.2 Å². The SMILES string of the molecule is Cc1cccc(-c2c3ccccc3c(-c3cccc(C(F)(F)F)c3)c3cc4c(cc23)c(-c2ccccc2)cc2ccccc24)c1. The van der Waals surface area contributed by atoms with Gasteiger partial charge in [-0.2, -0.15) is 13.2 Å². The predicted octanol–water partition coefficient (Wildman–Crippen LogP) is 12.6. The molecule has 8 aromatic rings. The van der Waals surface area contributed by atoms with Gasteiger partial charge in [-0.05, 0) is 114 Å². The number of fused-ring (bicyclic) bond motifs is 5. The van der Waals surface area contributed by atoms with Gasteiger partial charge in [-0.15, -0.1) is 0 Å². The molecule has 0 nitrogen and oxygen atoms in total. The van der Waals surface area contributed by atoms with Gasteiger partial charge in [0.25, 0.3) is 0 Å². The van der Waals surface area contributed by atoms with Gasteiger partial charge in [-0.1, -0.05) is 121 Å². The fourth-order valence-corrected chi connectivity index (χ4v) is 6.90. The third-order valence-electron chi connectivity index (χ3n) is 8.87. The highest BCUT2D eigenvalue weighted by molar-refractivity contribution is 6.26. The van der Waals surface area contributed by atoms with E-state index in [1.807, 2.05) is 36.4 Å². The Labute approximate surface area is 259 Å². The van der Waals surface area contributed by atoms with Gasteiger partial charge in [0.05, 0.1) is 5.56 Å². The van der Waals surface area contributed by atoms with Crippen molar-refractivity contribution < 1.29 is 13.2 Å². The van der Waals surface area contributed by atoms with E-state index in [-0.39, 0.29) is 0 Å². The Kier molecular flexibility index (Phi) is 6.25. The van der Waals surface area contributed by atoms with Crippen LogP contribution in [-0.4, -0.2) is 0 Å². The predicted molar refractivity (Wildman–Crippen MR) is 183 cm³/mol. The molecule has 0 aromatic heterocycles. The summed E-state index contributed by atoms with van der Waals surface area (Å²) in [5.74, 6) is 0. The largest absolute Gasteiger partial charge is 0.416 e. The topological polar surface area (TPSA) is 0 Å². The summed E-state index contributed by atoms with van der Waals surface area (Å²) >= 11 is 0. The number of hydrogen-bond donors (Lipinski definition) is 0. The maximum atomic E-state index is 14.0. The van der Waals surface area contributed by atoms with Crippen molar-refractivity contribution in [1.82, 2.24) is 0 Å². The first kappa shape index (κ1) is 27.2. The summed E-state index contributed by atoms with van der Waals surface area (Å²) in [5, 5.41) is 8.25. The van der Waals surface area contributed by atoms with Crippen molar-refractivity contribution in [1.29, 1.82) is 0 Å². The molecule has 0 N–H and O–H groups in total. The van der Waals surface area contributed by atoms with Crippen LogP contribution in [0.5, 0.6) is 0 Å². The van der Waals surface area contributed by atoms with Crippen molar-refractivity contribution >= 4 is 43.1 Å². The molecule has 8 rings (SSSR count). The standard InChI is InChI=1S/C42H27F3/c1-26-11-9-15-29(21-26)40-33-19-7-8-20-34(33)41(30-16-10-17-31(22-30)42(43,44)45)38-24-36-32-18-6-5-14-28(32)23-35(37(36)25-39(38)40)27-12-3-2-4-13-27/h2-25H,1H3.